The molecule has 3 nitrogen and oxygen atoms in total. The average Bonchev–Trinajstić information content (AvgIpc) is 2.82. The summed E-state index contributed by atoms with van der Waals surface area (Å²) in [5.41, 5.74) is 0. The van der Waals surface area contributed by atoms with Gasteiger partial charge in [0.1, 0.15) is 6.54 Å². The first kappa shape index (κ1) is 9.58. The van der Waals surface area contributed by atoms with Crippen LogP contribution in [0.2, 0.25) is 0 Å². The Morgan fingerprint density at radius 3 is 2.86 bits per heavy atom. The van der Waals surface area contributed by atoms with Crippen molar-refractivity contribution in [2.75, 3.05) is 6.54 Å². The van der Waals surface area contributed by atoms with E-state index < -0.39 is 5.92 Å². The molecule has 0 amide bonds. The predicted molar refractivity (Wildman–Crippen MR) is 48.2 cm³/mol. The van der Waals surface area contributed by atoms with Crippen LogP contribution >= 0.6 is 0 Å². The number of halogens is 2. The van der Waals surface area contributed by atoms with Gasteiger partial charge in [0.05, 0.1) is 6.54 Å². The van der Waals surface area contributed by atoms with Gasteiger partial charge in [-0.2, -0.15) is 5.10 Å². The van der Waals surface area contributed by atoms with Gasteiger partial charge in [0.15, 0.2) is 0 Å². The molecule has 1 saturated carbocycles. The topological polar surface area (TPSA) is 29.9 Å². The minimum atomic E-state index is -2.71. The SMILES string of the molecule is FC(F)(CNC1CC1)Cn1cccn1. The highest BCUT2D eigenvalue weighted by Gasteiger charge is 2.32. The second-order valence-electron chi connectivity index (χ2n) is 3.71. The molecule has 1 heterocycles. The molecule has 0 aliphatic heterocycles. The minimum absolute atomic E-state index is 0.252. The van der Waals surface area contributed by atoms with Crippen molar-refractivity contribution >= 4 is 0 Å². The fourth-order valence-corrected chi connectivity index (χ4v) is 1.27. The zero-order valence-corrected chi connectivity index (χ0v) is 7.79. The van der Waals surface area contributed by atoms with E-state index in [4.69, 9.17) is 0 Å². The number of hydrogen-bond acceptors (Lipinski definition) is 2. The maximum atomic E-state index is 13.3. The molecule has 2 rings (SSSR count). The molecular formula is C9H13F2N3. The van der Waals surface area contributed by atoms with Crippen LogP contribution in [-0.2, 0) is 6.54 Å². The van der Waals surface area contributed by atoms with Crippen molar-refractivity contribution < 1.29 is 8.78 Å². The number of nitrogens with one attached hydrogen (secondary N) is 1. The first-order chi connectivity index (χ1) is 6.66. The van der Waals surface area contributed by atoms with Crippen LogP contribution in [0.15, 0.2) is 18.5 Å². The number of nitrogens with zero attached hydrogens (tertiary/aromatic N) is 2. The third-order valence-corrected chi connectivity index (χ3v) is 2.18. The lowest BCUT2D eigenvalue weighted by molar-refractivity contribution is -0.0182. The second-order valence-corrected chi connectivity index (χ2v) is 3.71. The van der Waals surface area contributed by atoms with Gasteiger partial charge in [0.25, 0.3) is 5.92 Å². The second kappa shape index (κ2) is 3.65. The zero-order valence-electron chi connectivity index (χ0n) is 7.79. The molecule has 0 aromatic carbocycles. The minimum Gasteiger partial charge on any atom is -0.308 e. The van der Waals surface area contributed by atoms with Crippen LogP contribution in [0, 0.1) is 0 Å². The van der Waals surface area contributed by atoms with Crippen LogP contribution < -0.4 is 5.32 Å². The first-order valence-corrected chi connectivity index (χ1v) is 4.74. The molecule has 1 aromatic heterocycles. The Morgan fingerprint density at radius 2 is 2.29 bits per heavy atom. The first-order valence-electron chi connectivity index (χ1n) is 4.74. The maximum Gasteiger partial charge on any atom is 0.279 e. The van der Waals surface area contributed by atoms with Crippen molar-refractivity contribution in [2.45, 2.75) is 31.4 Å². The molecule has 78 valence electrons. The summed E-state index contributed by atoms with van der Waals surface area (Å²) in [5.74, 6) is -2.71. The fraction of sp³-hybridized carbons (Fsp3) is 0.667. The van der Waals surface area contributed by atoms with Crippen LogP contribution in [0.1, 0.15) is 12.8 Å². The van der Waals surface area contributed by atoms with Crippen molar-refractivity contribution in [1.29, 1.82) is 0 Å². The molecule has 0 radical (unpaired) electrons. The summed E-state index contributed by atoms with van der Waals surface area (Å²) in [4.78, 5) is 0. The van der Waals surface area contributed by atoms with Gasteiger partial charge < -0.3 is 5.32 Å². The Balaban J connectivity index is 1.81. The summed E-state index contributed by atoms with van der Waals surface area (Å²) in [6.45, 7) is -0.600. The molecular weight excluding hydrogens is 188 g/mol. The summed E-state index contributed by atoms with van der Waals surface area (Å²) in [5, 5.41) is 6.57. The molecule has 1 N–H and O–H groups in total. The number of hydrogen-bond donors (Lipinski definition) is 1. The molecule has 0 spiro atoms. The molecule has 14 heavy (non-hydrogen) atoms. The van der Waals surface area contributed by atoms with E-state index in [-0.39, 0.29) is 13.1 Å². The number of aromatic nitrogens is 2. The van der Waals surface area contributed by atoms with E-state index in [0.29, 0.717) is 6.04 Å². The van der Waals surface area contributed by atoms with E-state index in [9.17, 15) is 8.78 Å². The van der Waals surface area contributed by atoms with E-state index in [0.717, 1.165) is 12.8 Å². The van der Waals surface area contributed by atoms with Crippen molar-refractivity contribution in [1.82, 2.24) is 15.1 Å². The van der Waals surface area contributed by atoms with E-state index in [1.54, 1.807) is 12.3 Å². The summed E-state index contributed by atoms with van der Waals surface area (Å²) in [7, 11) is 0. The van der Waals surface area contributed by atoms with E-state index in [1.807, 2.05) is 0 Å². The van der Waals surface area contributed by atoms with Crippen molar-refractivity contribution in [3.8, 4) is 0 Å². The van der Waals surface area contributed by atoms with Crippen LogP contribution in [0.3, 0.4) is 0 Å². The van der Waals surface area contributed by atoms with Gasteiger partial charge in [-0.15, -0.1) is 0 Å². The lowest BCUT2D eigenvalue weighted by Crippen LogP contribution is -2.37. The number of alkyl halides is 2. The monoisotopic (exact) mass is 201 g/mol. The molecule has 0 bridgehead atoms. The van der Waals surface area contributed by atoms with E-state index >= 15 is 0 Å². The van der Waals surface area contributed by atoms with E-state index in [2.05, 4.69) is 10.4 Å². The van der Waals surface area contributed by atoms with Gasteiger partial charge in [-0.25, -0.2) is 8.78 Å². The van der Waals surface area contributed by atoms with Gasteiger partial charge >= 0.3 is 0 Å². The van der Waals surface area contributed by atoms with E-state index in [1.165, 1.54) is 10.9 Å². The van der Waals surface area contributed by atoms with Gasteiger partial charge in [-0.3, -0.25) is 4.68 Å². The molecule has 0 saturated heterocycles. The Hall–Kier alpha value is -0.970. The smallest absolute Gasteiger partial charge is 0.279 e. The van der Waals surface area contributed by atoms with Crippen LogP contribution in [0.5, 0.6) is 0 Å². The van der Waals surface area contributed by atoms with Gasteiger partial charge in [0, 0.05) is 18.4 Å². The normalized spacial score (nSPS) is 17.3. The Bertz CT molecular complexity index is 280. The summed E-state index contributed by atoms with van der Waals surface area (Å²) >= 11 is 0. The fourth-order valence-electron chi connectivity index (χ4n) is 1.27. The van der Waals surface area contributed by atoms with Crippen LogP contribution in [0.4, 0.5) is 8.78 Å². The summed E-state index contributed by atoms with van der Waals surface area (Å²) < 4.78 is 27.8. The standard InChI is InChI=1S/C9H13F2N3/c10-9(11,6-12-8-2-3-8)7-14-5-1-4-13-14/h1,4-5,8,12H,2-3,6-7H2. The average molecular weight is 201 g/mol. The Labute approximate surface area is 81.1 Å². The molecule has 1 fully saturated rings. The Morgan fingerprint density at radius 1 is 1.50 bits per heavy atom. The molecule has 0 unspecified atom stereocenters. The van der Waals surface area contributed by atoms with Crippen LogP contribution in [-0.4, -0.2) is 28.3 Å². The third kappa shape index (κ3) is 2.77. The number of rotatable bonds is 5. The molecule has 5 heteroatoms. The summed E-state index contributed by atoms with van der Waals surface area (Å²) in [6, 6.07) is 1.96. The highest BCUT2D eigenvalue weighted by Crippen LogP contribution is 2.21. The molecule has 0 atom stereocenters. The van der Waals surface area contributed by atoms with Gasteiger partial charge in [-0.05, 0) is 18.9 Å². The quantitative estimate of drug-likeness (QED) is 0.777. The van der Waals surface area contributed by atoms with Crippen LogP contribution in [0.25, 0.3) is 0 Å². The van der Waals surface area contributed by atoms with Crippen molar-refractivity contribution in [3.05, 3.63) is 18.5 Å². The lowest BCUT2D eigenvalue weighted by atomic mass is 10.3. The lowest BCUT2D eigenvalue weighted by Gasteiger charge is -2.16. The summed E-state index contributed by atoms with van der Waals surface area (Å²) in [6.07, 6.45) is 5.10. The zero-order chi connectivity index (χ0) is 10.0. The third-order valence-electron chi connectivity index (χ3n) is 2.18. The highest BCUT2D eigenvalue weighted by molar-refractivity contribution is 4.85. The van der Waals surface area contributed by atoms with Crippen molar-refractivity contribution in [3.63, 3.8) is 0 Å². The molecule has 1 aliphatic carbocycles. The predicted octanol–water partition coefficient (Wildman–Crippen LogP) is 1.27. The Kier molecular flexibility index (Phi) is 2.50. The highest BCUT2D eigenvalue weighted by atomic mass is 19.3. The maximum absolute atomic E-state index is 13.3. The van der Waals surface area contributed by atoms with Gasteiger partial charge in [0.2, 0.25) is 0 Å². The van der Waals surface area contributed by atoms with Crippen molar-refractivity contribution in [2.24, 2.45) is 0 Å². The van der Waals surface area contributed by atoms with Gasteiger partial charge in [-0.1, -0.05) is 0 Å². The molecule has 1 aromatic rings. The largest absolute Gasteiger partial charge is 0.308 e. The molecule has 1 aliphatic rings.